The van der Waals surface area contributed by atoms with Gasteiger partial charge in [0.1, 0.15) is 11.5 Å². The molecule has 7 nitrogen and oxygen atoms in total. The van der Waals surface area contributed by atoms with E-state index < -0.39 is 15.9 Å². The average Bonchev–Trinajstić information content (AvgIpc) is 2.66. The Bertz CT molecular complexity index is 1110. The predicted octanol–water partition coefficient (Wildman–Crippen LogP) is 3.32. The van der Waals surface area contributed by atoms with Gasteiger partial charge in [-0.15, -0.1) is 0 Å². The Balaban J connectivity index is 1.97. The highest BCUT2D eigenvalue weighted by molar-refractivity contribution is 7.92. The van der Waals surface area contributed by atoms with Crippen LogP contribution < -0.4 is 9.62 Å². The van der Waals surface area contributed by atoms with Gasteiger partial charge in [-0.05, 0) is 42.0 Å². The largest absolute Gasteiger partial charge is 0.508 e. The number of carbonyl (C=O) groups is 1. The number of hydrogen-bond acceptors (Lipinski definition) is 5. The van der Waals surface area contributed by atoms with Crippen LogP contribution in [-0.4, -0.2) is 30.8 Å². The first-order valence-corrected chi connectivity index (χ1v) is 10.6. The fourth-order valence-electron chi connectivity index (χ4n) is 2.82. The molecule has 1 amide bonds. The third-order valence-corrected chi connectivity index (χ3v) is 4.73. The smallest absolute Gasteiger partial charge is 0.262 e. The fourth-order valence-corrected chi connectivity index (χ4v) is 3.38. The van der Waals surface area contributed by atoms with E-state index in [0.29, 0.717) is 11.4 Å². The molecule has 0 saturated heterocycles. The number of sulfonamides is 1. The van der Waals surface area contributed by atoms with Crippen molar-refractivity contribution < 1.29 is 23.4 Å². The maximum Gasteiger partial charge on any atom is 0.262 e. The van der Waals surface area contributed by atoms with E-state index in [1.165, 1.54) is 17.0 Å². The first-order chi connectivity index (χ1) is 13.7. The molecule has 0 heterocycles. The monoisotopic (exact) mass is 412 g/mol. The van der Waals surface area contributed by atoms with Crippen molar-refractivity contribution in [1.82, 2.24) is 0 Å². The van der Waals surface area contributed by atoms with Gasteiger partial charge in [0.25, 0.3) is 5.91 Å². The van der Waals surface area contributed by atoms with Gasteiger partial charge in [-0.2, -0.15) is 0 Å². The molecular weight excluding hydrogens is 392 g/mol. The number of phenols is 2. The Hall–Kier alpha value is -3.52. The van der Waals surface area contributed by atoms with Crippen LogP contribution in [0.4, 0.5) is 11.4 Å². The van der Waals surface area contributed by atoms with Crippen molar-refractivity contribution in [2.75, 3.05) is 15.9 Å². The maximum atomic E-state index is 13.2. The summed E-state index contributed by atoms with van der Waals surface area (Å²) in [5.74, 6) is -0.941. The van der Waals surface area contributed by atoms with Crippen LogP contribution in [0.2, 0.25) is 0 Å². The van der Waals surface area contributed by atoms with Crippen LogP contribution in [0.25, 0.3) is 0 Å². The summed E-state index contributed by atoms with van der Waals surface area (Å²) in [4.78, 5) is 14.6. The molecule has 0 aliphatic heterocycles. The minimum Gasteiger partial charge on any atom is -0.508 e. The van der Waals surface area contributed by atoms with Crippen LogP contribution in [0, 0.1) is 0 Å². The lowest BCUT2D eigenvalue weighted by atomic mass is 10.1. The molecule has 3 aromatic rings. The van der Waals surface area contributed by atoms with Crippen molar-refractivity contribution in [3.8, 4) is 11.5 Å². The minimum absolute atomic E-state index is 0.0390. The van der Waals surface area contributed by atoms with Crippen molar-refractivity contribution in [3.63, 3.8) is 0 Å². The molecule has 150 valence electrons. The molecule has 8 heteroatoms. The van der Waals surface area contributed by atoms with E-state index in [-0.39, 0.29) is 23.6 Å². The number of aromatic hydroxyl groups is 2. The number of benzene rings is 3. The van der Waals surface area contributed by atoms with Crippen molar-refractivity contribution in [1.29, 1.82) is 0 Å². The quantitative estimate of drug-likeness (QED) is 0.576. The van der Waals surface area contributed by atoms with Crippen molar-refractivity contribution in [3.05, 3.63) is 83.9 Å². The summed E-state index contributed by atoms with van der Waals surface area (Å²) in [6.45, 7) is 0.235. The normalized spacial score (nSPS) is 11.1. The van der Waals surface area contributed by atoms with E-state index in [1.54, 1.807) is 24.3 Å². The molecule has 3 rings (SSSR count). The van der Waals surface area contributed by atoms with Crippen molar-refractivity contribution in [2.45, 2.75) is 6.54 Å². The SMILES string of the molecule is CS(=O)(=O)Nc1ccc(N(Cc2ccccc2)C(=O)c2ccc(O)cc2O)cc1. The maximum absolute atomic E-state index is 13.2. The highest BCUT2D eigenvalue weighted by Crippen LogP contribution is 2.28. The second-order valence-electron chi connectivity index (χ2n) is 6.50. The van der Waals surface area contributed by atoms with Crippen LogP contribution in [0.1, 0.15) is 15.9 Å². The zero-order valence-corrected chi connectivity index (χ0v) is 16.4. The molecule has 0 aromatic heterocycles. The van der Waals surface area contributed by atoms with Gasteiger partial charge in [0, 0.05) is 17.4 Å². The highest BCUT2D eigenvalue weighted by atomic mass is 32.2. The number of hydrogen-bond donors (Lipinski definition) is 3. The molecule has 0 aliphatic rings. The molecule has 0 bridgehead atoms. The fraction of sp³-hybridized carbons (Fsp3) is 0.0952. The zero-order chi connectivity index (χ0) is 21.0. The number of nitrogens with one attached hydrogen (secondary N) is 1. The third-order valence-electron chi connectivity index (χ3n) is 4.12. The van der Waals surface area contributed by atoms with Gasteiger partial charge in [0.2, 0.25) is 10.0 Å². The Kier molecular flexibility index (Phi) is 5.74. The van der Waals surface area contributed by atoms with Gasteiger partial charge >= 0.3 is 0 Å². The number of anilines is 2. The topological polar surface area (TPSA) is 107 Å². The first-order valence-electron chi connectivity index (χ1n) is 8.68. The van der Waals surface area contributed by atoms with Gasteiger partial charge in [-0.1, -0.05) is 30.3 Å². The molecule has 0 radical (unpaired) electrons. The minimum atomic E-state index is -3.42. The highest BCUT2D eigenvalue weighted by Gasteiger charge is 2.21. The molecular formula is C21H20N2O5S. The standard InChI is InChI=1S/C21H20N2O5S/c1-29(27,28)22-16-7-9-17(10-8-16)23(14-15-5-3-2-4-6-15)21(26)19-12-11-18(24)13-20(19)25/h2-13,22,24-25H,14H2,1H3. The molecule has 0 spiro atoms. The molecule has 3 N–H and O–H groups in total. The Morgan fingerprint density at radius 3 is 2.21 bits per heavy atom. The Morgan fingerprint density at radius 1 is 0.966 bits per heavy atom. The van der Waals surface area contributed by atoms with Crippen LogP contribution in [0.3, 0.4) is 0 Å². The van der Waals surface area contributed by atoms with Gasteiger partial charge < -0.3 is 15.1 Å². The zero-order valence-electron chi connectivity index (χ0n) is 15.6. The van der Waals surface area contributed by atoms with Crippen LogP contribution in [-0.2, 0) is 16.6 Å². The summed E-state index contributed by atoms with van der Waals surface area (Å²) >= 11 is 0. The number of nitrogens with zero attached hydrogens (tertiary/aromatic N) is 1. The molecule has 29 heavy (non-hydrogen) atoms. The Labute approximate surface area is 168 Å². The van der Waals surface area contributed by atoms with E-state index in [4.69, 9.17) is 0 Å². The molecule has 3 aromatic carbocycles. The summed E-state index contributed by atoms with van der Waals surface area (Å²) < 4.78 is 25.2. The molecule has 0 atom stereocenters. The molecule has 0 fully saturated rings. The predicted molar refractivity (Wildman–Crippen MR) is 112 cm³/mol. The van der Waals surface area contributed by atoms with E-state index in [1.807, 2.05) is 30.3 Å². The lowest BCUT2D eigenvalue weighted by Gasteiger charge is -2.24. The summed E-state index contributed by atoms with van der Waals surface area (Å²) in [5, 5.41) is 19.6. The number of carbonyl (C=O) groups excluding carboxylic acids is 1. The van der Waals surface area contributed by atoms with Gasteiger partial charge in [0.15, 0.2) is 0 Å². The van der Waals surface area contributed by atoms with E-state index in [9.17, 15) is 23.4 Å². The summed E-state index contributed by atoms with van der Waals surface area (Å²) in [6, 6.07) is 19.4. The van der Waals surface area contributed by atoms with Crippen LogP contribution in [0.5, 0.6) is 11.5 Å². The lowest BCUT2D eigenvalue weighted by molar-refractivity contribution is 0.0982. The second-order valence-corrected chi connectivity index (χ2v) is 8.25. The number of phenolic OH excluding ortho intramolecular Hbond substituents is 2. The van der Waals surface area contributed by atoms with E-state index >= 15 is 0 Å². The molecule has 0 aliphatic carbocycles. The van der Waals surface area contributed by atoms with E-state index in [0.717, 1.165) is 17.9 Å². The molecule has 0 saturated carbocycles. The summed E-state index contributed by atoms with van der Waals surface area (Å²) in [5.41, 5.74) is 1.80. The van der Waals surface area contributed by atoms with Crippen LogP contribution >= 0.6 is 0 Å². The van der Waals surface area contributed by atoms with Gasteiger partial charge in [-0.3, -0.25) is 9.52 Å². The van der Waals surface area contributed by atoms with Crippen molar-refractivity contribution >= 4 is 27.3 Å². The molecule has 0 unspecified atom stereocenters. The first kappa shape index (κ1) is 20.2. The Morgan fingerprint density at radius 2 is 1.62 bits per heavy atom. The third kappa shape index (κ3) is 5.26. The summed E-state index contributed by atoms with van der Waals surface area (Å²) in [6.07, 6.45) is 1.06. The van der Waals surface area contributed by atoms with E-state index in [2.05, 4.69) is 4.72 Å². The average molecular weight is 412 g/mol. The number of rotatable bonds is 6. The summed E-state index contributed by atoms with van der Waals surface area (Å²) in [7, 11) is -3.42. The van der Waals surface area contributed by atoms with Crippen molar-refractivity contribution in [2.24, 2.45) is 0 Å². The van der Waals surface area contributed by atoms with Gasteiger partial charge in [-0.25, -0.2) is 8.42 Å². The van der Waals surface area contributed by atoms with Crippen LogP contribution in [0.15, 0.2) is 72.8 Å². The second kappa shape index (κ2) is 8.24. The lowest BCUT2D eigenvalue weighted by Crippen LogP contribution is -2.30. The number of amides is 1. The van der Waals surface area contributed by atoms with Gasteiger partial charge in [0.05, 0.1) is 18.4 Å².